The number of aromatic nitrogens is 2. The summed E-state index contributed by atoms with van der Waals surface area (Å²) in [7, 11) is 0. The molecule has 1 aliphatic rings. The molecule has 1 aliphatic heterocycles. The van der Waals surface area contributed by atoms with Crippen LogP contribution in [0.25, 0.3) is 0 Å². The smallest absolute Gasteiger partial charge is 0.0702 e. The largest absolute Gasteiger partial charge is 0.377 e. The molecule has 0 amide bonds. The molecule has 0 bridgehead atoms. The van der Waals surface area contributed by atoms with Crippen molar-refractivity contribution in [2.45, 2.75) is 58.7 Å². The van der Waals surface area contributed by atoms with Gasteiger partial charge < -0.3 is 4.74 Å². The topological polar surface area (TPSA) is 30.3 Å². The molecule has 1 aromatic rings. The van der Waals surface area contributed by atoms with E-state index in [-0.39, 0.29) is 0 Å². The fraction of sp³-hybridized carbons (Fsp3) is 0.800. The van der Waals surface area contributed by atoms with E-state index >= 15 is 0 Å². The zero-order valence-electron chi connectivity index (χ0n) is 12.5. The molecule has 0 saturated carbocycles. The van der Waals surface area contributed by atoms with Crippen LogP contribution >= 0.6 is 0 Å². The summed E-state index contributed by atoms with van der Waals surface area (Å²) in [6.45, 7) is 10.6. The quantitative estimate of drug-likeness (QED) is 0.792. The van der Waals surface area contributed by atoms with E-state index in [1.165, 1.54) is 24.9 Å². The number of rotatable bonds is 6. The lowest BCUT2D eigenvalue weighted by molar-refractivity contribution is -0.00223. The minimum Gasteiger partial charge on any atom is -0.377 e. The van der Waals surface area contributed by atoms with Crippen LogP contribution in [0.3, 0.4) is 0 Å². The van der Waals surface area contributed by atoms with Crippen LogP contribution in [-0.4, -0.2) is 40.5 Å². The highest BCUT2D eigenvalue weighted by Crippen LogP contribution is 2.16. The summed E-state index contributed by atoms with van der Waals surface area (Å²) in [6.07, 6.45) is 8.15. The first-order valence-electron chi connectivity index (χ1n) is 7.56. The minimum atomic E-state index is 0.425. The molecule has 1 fully saturated rings. The molecule has 108 valence electrons. The van der Waals surface area contributed by atoms with Gasteiger partial charge in [-0.05, 0) is 39.7 Å². The first kappa shape index (κ1) is 14.5. The van der Waals surface area contributed by atoms with E-state index in [0.29, 0.717) is 12.1 Å². The van der Waals surface area contributed by atoms with Crippen LogP contribution in [0.5, 0.6) is 0 Å². The van der Waals surface area contributed by atoms with Gasteiger partial charge in [0.25, 0.3) is 0 Å². The van der Waals surface area contributed by atoms with Crippen LogP contribution in [-0.2, 0) is 11.3 Å². The highest BCUT2D eigenvalue weighted by atomic mass is 16.5. The highest BCUT2D eigenvalue weighted by molar-refractivity contribution is 5.04. The molecule has 0 unspecified atom stereocenters. The first-order valence-corrected chi connectivity index (χ1v) is 7.56. The van der Waals surface area contributed by atoms with E-state index in [2.05, 4.69) is 37.0 Å². The van der Waals surface area contributed by atoms with E-state index in [0.717, 1.165) is 26.1 Å². The zero-order valence-corrected chi connectivity index (χ0v) is 12.5. The standard InChI is InChI=1S/C15H27N3O/c1-4-8-19-15-6-5-7-17(12-15)10-14-9-16-18(11-14)13(2)3/h9,11,13,15H,4-8,10,12H2,1-3H3/t15-/m1/s1. The van der Waals surface area contributed by atoms with Gasteiger partial charge in [-0.3, -0.25) is 9.58 Å². The normalized spacial score (nSPS) is 21.2. The lowest BCUT2D eigenvalue weighted by Gasteiger charge is -2.32. The Labute approximate surface area is 116 Å². The van der Waals surface area contributed by atoms with Crippen molar-refractivity contribution in [2.75, 3.05) is 19.7 Å². The van der Waals surface area contributed by atoms with Gasteiger partial charge >= 0.3 is 0 Å². The Bertz CT molecular complexity index is 375. The predicted octanol–water partition coefficient (Wildman–Crippen LogP) is 2.86. The second kappa shape index (κ2) is 7.06. The van der Waals surface area contributed by atoms with E-state index in [1.807, 2.05) is 10.9 Å². The van der Waals surface area contributed by atoms with E-state index in [4.69, 9.17) is 4.74 Å². The van der Waals surface area contributed by atoms with Crippen molar-refractivity contribution in [2.24, 2.45) is 0 Å². The SMILES string of the molecule is CCCO[C@@H]1CCCN(Cc2cnn(C(C)C)c2)C1. The van der Waals surface area contributed by atoms with E-state index < -0.39 is 0 Å². The summed E-state index contributed by atoms with van der Waals surface area (Å²) in [6, 6.07) is 0.441. The molecular weight excluding hydrogens is 238 g/mol. The average molecular weight is 265 g/mol. The van der Waals surface area contributed by atoms with Gasteiger partial charge in [0.2, 0.25) is 0 Å². The van der Waals surface area contributed by atoms with Crippen molar-refractivity contribution in [3.05, 3.63) is 18.0 Å². The number of hydrogen-bond donors (Lipinski definition) is 0. The molecular formula is C15H27N3O. The molecule has 0 aliphatic carbocycles. The van der Waals surface area contributed by atoms with E-state index in [1.54, 1.807) is 0 Å². The van der Waals surface area contributed by atoms with Gasteiger partial charge in [0.05, 0.1) is 12.3 Å². The molecule has 0 spiro atoms. The minimum absolute atomic E-state index is 0.425. The predicted molar refractivity (Wildman–Crippen MR) is 77.2 cm³/mol. The molecule has 1 aromatic heterocycles. The molecule has 1 atom stereocenters. The lowest BCUT2D eigenvalue weighted by Crippen LogP contribution is -2.39. The van der Waals surface area contributed by atoms with Crippen LogP contribution in [0, 0.1) is 0 Å². The summed E-state index contributed by atoms with van der Waals surface area (Å²) in [5, 5.41) is 4.41. The molecule has 1 saturated heterocycles. The number of likely N-dealkylation sites (tertiary alicyclic amines) is 1. The fourth-order valence-corrected chi connectivity index (χ4v) is 2.58. The maximum Gasteiger partial charge on any atom is 0.0702 e. The Balaban J connectivity index is 1.84. The summed E-state index contributed by atoms with van der Waals surface area (Å²) in [5.74, 6) is 0. The molecule has 19 heavy (non-hydrogen) atoms. The second-order valence-corrected chi connectivity index (χ2v) is 5.79. The third kappa shape index (κ3) is 4.32. The molecule has 0 radical (unpaired) electrons. The fourth-order valence-electron chi connectivity index (χ4n) is 2.58. The third-order valence-electron chi connectivity index (χ3n) is 3.61. The maximum absolute atomic E-state index is 5.88. The Morgan fingerprint density at radius 2 is 2.32 bits per heavy atom. The Morgan fingerprint density at radius 1 is 1.47 bits per heavy atom. The third-order valence-corrected chi connectivity index (χ3v) is 3.61. The lowest BCUT2D eigenvalue weighted by atomic mass is 10.1. The summed E-state index contributed by atoms with van der Waals surface area (Å²) in [5.41, 5.74) is 1.31. The van der Waals surface area contributed by atoms with Crippen LogP contribution in [0.15, 0.2) is 12.4 Å². The highest BCUT2D eigenvalue weighted by Gasteiger charge is 2.20. The summed E-state index contributed by atoms with van der Waals surface area (Å²) >= 11 is 0. The van der Waals surface area contributed by atoms with Gasteiger partial charge in [0, 0.05) is 37.5 Å². The van der Waals surface area contributed by atoms with Crippen LogP contribution in [0.2, 0.25) is 0 Å². The molecule has 4 heteroatoms. The zero-order chi connectivity index (χ0) is 13.7. The van der Waals surface area contributed by atoms with Crippen molar-refractivity contribution in [3.63, 3.8) is 0 Å². The average Bonchev–Trinajstić information content (AvgIpc) is 2.85. The Hall–Kier alpha value is -0.870. The van der Waals surface area contributed by atoms with Crippen molar-refractivity contribution < 1.29 is 4.74 Å². The Kier molecular flexibility index (Phi) is 5.40. The number of nitrogens with zero attached hydrogens (tertiary/aromatic N) is 3. The molecule has 2 rings (SSSR count). The van der Waals surface area contributed by atoms with Crippen molar-refractivity contribution >= 4 is 0 Å². The van der Waals surface area contributed by atoms with Gasteiger partial charge in [0.15, 0.2) is 0 Å². The molecule has 0 aromatic carbocycles. The van der Waals surface area contributed by atoms with E-state index in [9.17, 15) is 0 Å². The maximum atomic E-state index is 5.88. The van der Waals surface area contributed by atoms with Gasteiger partial charge in [-0.25, -0.2) is 0 Å². The number of ether oxygens (including phenoxy) is 1. The summed E-state index contributed by atoms with van der Waals surface area (Å²) in [4.78, 5) is 2.49. The summed E-state index contributed by atoms with van der Waals surface area (Å²) < 4.78 is 7.91. The van der Waals surface area contributed by atoms with Gasteiger partial charge in [-0.1, -0.05) is 6.92 Å². The molecule has 2 heterocycles. The molecule has 4 nitrogen and oxygen atoms in total. The Morgan fingerprint density at radius 3 is 3.00 bits per heavy atom. The van der Waals surface area contributed by atoms with Crippen LogP contribution in [0.1, 0.15) is 51.6 Å². The monoisotopic (exact) mass is 265 g/mol. The van der Waals surface area contributed by atoms with Crippen molar-refractivity contribution in [1.82, 2.24) is 14.7 Å². The molecule has 0 N–H and O–H groups in total. The van der Waals surface area contributed by atoms with Crippen molar-refractivity contribution in [1.29, 1.82) is 0 Å². The first-order chi connectivity index (χ1) is 9.19. The van der Waals surface area contributed by atoms with Gasteiger partial charge in [-0.15, -0.1) is 0 Å². The van der Waals surface area contributed by atoms with Gasteiger partial charge in [0.1, 0.15) is 0 Å². The van der Waals surface area contributed by atoms with Crippen LogP contribution in [0.4, 0.5) is 0 Å². The number of piperidine rings is 1. The van der Waals surface area contributed by atoms with Gasteiger partial charge in [-0.2, -0.15) is 5.10 Å². The van der Waals surface area contributed by atoms with Crippen molar-refractivity contribution in [3.8, 4) is 0 Å². The number of hydrogen-bond acceptors (Lipinski definition) is 3. The second-order valence-electron chi connectivity index (χ2n) is 5.79. The van der Waals surface area contributed by atoms with Crippen LogP contribution < -0.4 is 0 Å².